The number of ether oxygens (including phenoxy) is 1. The van der Waals surface area contributed by atoms with Crippen molar-refractivity contribution in [1.29, 1.82) is 0 Å². The molecule has 0 bridgehead atoms. The number of hydrogen-bond donors (Lipinski definition) is 1. The molecule has 2 rings (SSSR count). The minimum Gasteiger partial charge on any atom is -0.481 e. The minimum absolute atomic E-state index is 0.276. The highest BCUT2D eigenvalue weighted by Crippen LogP contribution is 2.14. The van der Waals surface area contributed by atoms with E-state index >= 15 is 0 Å². The van der Waals surface area contributed by atoms with E-state index in [4.69, 9.17) is 11.2 Å². The van der Waals surface area contributed by atoms with Crippen molar-refractivity contribution in [2.45, 2.75) is 6.92 Å². The number of hydrazone groups is 1. The molecule has 0 atom stereocenters. The smallest absolute Gasteiger partial charge is 0.203 e. The zero-order valence-corrected chi connectivity index (χ0v) is 11.3. The van der Waals surface area contributed by atoms with Crippen LogP contribution < -0.4 is 10.2 Å². The first kappa shape index (κ1) is 13.1. The number of rotatable bonds is 5. The number of anilines is 1. The number of benzene rings is 1. The van der Waals surface area contributed by atoms with Gasteiger partial charge in [0.05, 0.1) is 11.9 Å². The summed E-state index contributed by atoms with van der Waals surface area (Å²) in [6.07, 6.45) is 6.84. The van der Waals surface area contributed by atoms with Crippen LogP contribution in [0.5, 0.6) is 5.75 Å². The Morgan fingerprint density at radius 3 is 2.89 bits per heavy atom. The molecular formula is C14H13N3OS. The Bertz CT molecular complexity index is 596. The maximum Gasteiger partial charge on any atom is 0.203 e. The highest BCUT2D eigenvalue weighted by atomic mass is 32.1. The van der Waals surface area contributed by atoms with E-state index in [-0.39, 0.29) is 6.61 Å². The van der Waals surface area contributed by atoms with Gasteiger partial charge in [0.1, 0.15) is 12.4 Å². The molecule has 4 nitrogen and oxygen atoms in total. The molecule has 96 valence electrons. The number of terminal acetylenes is 1. The lowest BCUT2D eigenvalue weighted by Crippen LogP contribution is -1.94. The molecule has 2 aromatic rings. The first-order valence-corrected chi connectivity index (χ1v) is 6.53. The van der Waals surface area contributed by atoms with Gasteiger partial charge in [-0.2, -0.15) is 5.10 Å². The molecule has 0 aliphatic carbocycles. The summed E-state index contributed by atoms with van der Waals surface area (Å²) in [5.74, 6) is 3.17. The van der Waals surface area contributed by atoms with Crippen molar-refractivity contribution in [1.82, 2.24) is 4.98 Å². The molecule has 0 aliphatic rings. The Labute approximate surface area is 116 Å². The summed E-state index contributed by atoms with van der Waals surface area (Å²) in [5.41, 5.74) is 4.83. The van der Waals surface area contributed by atoms with Crippen molar-refractivity contribution < 1.29 is 4.74 Å². The third kappa shape index (κ3) is 4.12. The predicted molar refractivity (Wildman–Crippen MR) is 78.8 cm³/mol. The third-order valence-corrected chi connectivity index (χ3v) is 3.06. The lowest BCUT2D eigenvalue weighted by molar-refractivity contribution is 0.370. The van der Waals surface area contributed by atoms with E-state index in [2.05, 4.69) is 21.4 Å². The third-order valence-electron chi connectivity index (χ3n) is 2.20. The fourth-order valence-corrected chi connectivity index (χ4v) is 1.98. The van der Waals surface area contributed by atoms with Crippen LogP contribution in [0, 0.1) is 19.3 Å². The summed E-state index contributed by atoms with van der Waals surface area (Å²) in [4.78, 5) is 4.24. The summed E-state index contributed by atoms with van der Waals surface area (Å²) in [6, 6.07) is 7.52. The zero-order chi connectivity index (χ0) is 13.5. The number of nitrogens with zero attached hydrogens (tertiary/aromatic N) is 2. The quantitative estimate of drug-likeness (QED) is 0.516. The second kappa shape index (κ2) is 6.57. The van der Waals surface area contributed by atoms with Crippen molar-refractivity contribution in [3.63, 3.8) is 0 Å². The van der Waals surface area contributed by atoms with Gasteiger partial charge in [-0.25, -0.2) is 4.98 Å². The second-order valence-corrected chi connectivity index (χ2v) is 4.58. The molecule has 0 saturated carbocycles. The Morgan fingerprint density at radius 2 is 2.26 bits per heavy atom. The van der Waals surface area contributed by atoms with E-state index in [1.807, 2.05) is 36.6 Å². The normalized spacial score (nSPS) is 10.3. The molecule has 0 fully saturated rings. The van der Waals surface area contributed by atoms with E-state index in [9.17, 15) is 0 Å². The van der Waals surface area contributed by atoms with E-state index in [0.29, 0.717) is 0 Å². The van der Waals surface area contributed by atoms with E-state index < -0.39 is 0 Å². The molecule has 1 N–H and O–H groups in total. The van der Waals surface area contributed by atoms with Gasteiger partial charge in [-0.3, -0.25) is 5.43 Å². The molecule has 1 heterocycles. The van der Waals surface area contributed by atoms with Crippen LogP contribution in [0.2, 0.25) is 0 Å². The molecule has 1 aromatic heterocycles. The monoisotopic (exact) mass is 271 g/mol. The number of aryl methyl sites for hydroxylation is 1. The predicted octanol–water partition coefficient (Wildman–Crippen LogP) is 2.91. The fraction of sp³-hybridized carbons (Fsp3) is 0.143. The van der Waals surface area contributed by atoms with Gasteiger partial charge in [0.15, 0.2) is 0 Å². The van der Waals surface area contributed by atoms with Gasteiger partial charge in [0.2, 0.25) is 5.13 Å². The Hall–Kier alpha value is -2.32. The van der Waals surface area contributed by atoms with Crippen molar-refractivity contribution in [2.24, 2.45) is 5.10 Å². The molecular weight excluding hydrogens is 258 g/mol. The lowest BCUT2D eigenvalue weighted by atomic mass is 10.2. The van der Waals surface area contributed by atoms with Crippen LogP contribution in [-0.4, -0.2) is 17.8 Å². The van der Waals surface area contributed by atoms with Gasteiger partial charge >= 0.3 is 0 Å². The molecule has 0 aliphatic heterocycles. The number of nitrogens with one attached hydrogen (secondary N) is 1. The molecule has 0 saturated heterocycles. The molecule has 0 amide bonds. The van der Waals surface area contributed by atoms with Gasteiger partial charge in [0.25, 0.3) is 0 Å². The van der Waals surface area contributed by atoms with Gasteiger partial charge in [-0.1, -0.05) is 5.92 Å². The summed E-state index contributed by atoms with van der Waals surface area (Å²) >= 11 is 1.52. The summed E-state index contributed by atoms with van der Waals surface area (Å²) in [7, 11) is 0. The summed E-state index contributed by atoms with van der Waals surface area (Å²) < 4.78 is 5.28. The maximum absolute atomic E-state index is 5.28. The first-order chi connectivity index (χ1) is 9.28. The highest BCUT2D eigenvalue weighted by Gasteiger charge is 1.95. The zero-order valence-electron chi connectivity index (χ0n) is 10.5. The fourth-order valence-electron chi connectivity index (χ4n) is 1.34. The van der Waals surface area contributed by atoms with E-state index in [0.717, 1.165) is 22.1 Å². The largest absolute Gasteiger partial charge is 0.481 e. The van der Waals surface area contributed by atoms with Crippen LogP contribution in [-0.2, 0) is 0 Å². The maximum atomic E-state index is 5.28. The summed E-state index contributed by atoms with van der Waals surface area (Å²) in [6.45, 7) is 2.22. The molecule has 19 heavy (non-hydrogen) atoms. The SMILES string of the molecule is C#CCOc1ccc(C=NNc2nc(C)cs2)cc1. The summed E-state index contributed by atoms with van der Waals surface area (Å²) in [5, 5.41) is 6.86. The lowest BCUT2D eigenvalue weighted by Gasteiger charge is -2.01. The van der Waals surface area contributed by atoms with E-state index in [1.165, 1.54) is 11.3 Å². The average molecular weight is 271 g/mol. The average Bonchev–Trinajstić information content (AvgIpc) is 2.84. The molecule has 0 radical (unpaired) electrons. The molecule has 0 unspecified atom stereocenters. The van der Waals surface area contributed by atoms with Crippen LogP contribution in [0.1, 0.15) is 11.3 Å². The van der Waals surface area contributed by atoms with Gasteiger partial charge < -0.3 is 4.74 Å². The van der Waals surface area contributed by atoms with Gasteiger partial charge in [-0.05, 0) is 36.8 Å². The Kier molecular flexibility index (Phi) is 4.54. The van der Waals surface area contributed by atoms with Crippen LogP contribution in [0.4, 0.5) is 5.13 Å². The topological polar surface area (TPSA) is 46.5 Å². The Balaban J connectivity index is 1.90. The molecule has 0 spiro atoms. The number of thiazole rings is 1. The van der Waals surface area contributed by atoms with Gasteiger partial charge in [-0.15, -0.1) is 17.8 Å². The van der Waals surface area contributed by atoms with Crippen molar-refractivity contribution in [2.75, 3.05) is 12.0 Å². The van der Waals surface area contributed by atoms with Crippen molar-refractivity contribution in [3.8, 4) is 18.1 Å². The highest BCUT2D eigenvalue weighted by molar-refractivity contribution is 7.13. The van der Waals surface area contributed by atoms with Crippen LogP contribution >= 0.6 is 11.3 Å². The van der Waals surface area contributed by atoms with Crippen LogP contribution in [0.25, 0.3) is 0 Å². The van der Waals surface area contributed by atoms with Crippen molar-refractivity contribution in [3.05, 3.63) is 40.9 Å². The number of hydrogen-bond acceptors (Lipinski definition) is 5. The van der Waals surface area contributed by atoms with Crippen LogP contribution in [0.15, 0.2) is 34.7 Å². The Morgan fingerprint density at radius 1 is 1.47 bits per heavy atom. The first-order valence-electron chi connectivity index (χ1n) is 5.65. The minimum atomic E-state index is 0.276. The van der Waals surface area contributed by atoms with Crippen molar-refractivity contribution >= 4 is 22.7 Å². The van der Waals surface area contributed by atoms with E-state index in [1.54, 1.807) is 6.21 Å². The second-order valence-electron chi connectivity index (χ2n) is 3.73. The molecule has 5 heteroatoms. The standard InChI is InChI=1S/C14H13N3OS/c1-3-8-18-13-6-4-12(5-7-13)9-15-17-14-16-11(2)10-19-14/h1,4-7,9-10H,8H2,2H3,(H,16,17). The molecule has 1 aromatic carbocycles. The van der Waals surface area contributed by atoms with Gasteiger partial charge in [0, 0.05) is 5.38 Å². The van der Waals surface area contributed by atoms with Crippen LogP contribution in [0.3, 0.4) is 0 Å². The number of aromatic nitrogens is 1.